The molecule has 0 bridgehead atoms. The van der Waals surface area contributed by atoms with Crippen molar-refractivity contribution in [2.45, 2.75) is 19.3 Å². The number of rotatable bonds is 0. The summed E-state index contributed by atoms with van der Waals surface area (Å²) in [5.74, 6) is 0. The molecule has 96 valence electrons. The number of hydrogen-bond donors (Lipinski definition) is 1. The van der Waals surface area contributed by atoms with E-state index in [1.807, 2.05) is 12.3 Å². The van der Waals surface area contributed by atoms with Crippen molar-refractivity contribution >= 4 is 32.7 Å². The lowest BCUT2D eigenvalue weighted by molar-refractivity contribution is 0.915. The number of para-hydroxylation sites is 1. The fourth-order valence-corrected chi connectivity index (χ4v) is 3.79. The van der Waals surface area contributed by atoms with Gasteiger partial charge in [0.05, 0.1) is 11.0 Å². The van der Waals surface area contributed by atoms with Crippen molar-refractivity contribution in [1.82, 2.24) is 9.97 Å². The van der Waals surface area contributed by atoms with Crippen molar-refractivity contribution in [1.29, 1.82) is 0 Å². The van der Waals surface area contributed by atoms with Crippen LogP contribution in [0.1, 0.15) is 17.5 Å². The molecule has 0 aliphatic heterocycles. The maximum absolute atomic E-state index is 4.65. The lowest BCUT2D eigenvalue weighted by Gasteiger charge is -2.07. The smallest absolute Gasteiger partial charge is 0.0757 e. The van der Waals surface area contributed by atoms with Gasteiger partial charge < -0.3 is 4.98 Å². The van der Waals surface area contributed by atoms with Gasteiger partial charge >= 0.3 is 0 Å². The fraction of sp³-hybridized carbons (Fsp3) is 0.167. The van der Waals surface area contributed by atoms with Crippen LogP contribution in [0.3, 0.4) is 0 Å². The molecular weight excluding hydrogens is 244 g/mol. The number of nitrogens with zero attached hydrogens (tertiary/aromatic N) is 1. The monoisotopic (exact) mass is 258 g/mol. The molecular formula is C18H14N2. The molecule has 2 heteroatoms. The zero-order valence-corrected chi connectivity index (χ0v) is 11.1. The highest BCUT2D eigenvalue weighted by Gasteiger charge is 2.21. The highest BCUT2D eigenvalue weighted by molar-refractivity contribution is 6.19. The third kappa shape index (κ3) is 1.17. The van der Waals surface area contributed by atoms with Crippen molar-refractivity contribution in [2.24, 2.45) is 0 Å². The quantitative estimate of drug-likeness (QED) is 0.499. The van der Waals surface area contributed by atoms with Gasteiger partial charge in [-0.25, -0.2) is 0 Å². The van der Waals surface area contributed by atoms with Crippen molar-refractivity contribution in [3.8, 4) is 0 Å². The largest absolute Gasteiger partial charge is 0.354 e. The van der Waals surface area contributed by atoms with Crippen LogP contribution >= 0.6 is 0 Å². The topological polar surface area (TPSA) is 28.7 Å². The SMILES string of the molecule is c1ccc2c(c1)[nH]c1c3cccnc3c3c(c21)CCC3. The van der Waals surface area contributed by atoms with E-state index < -0.39 is 0 Å². The molecule has 4 aromatic rings. The van der Waals surface area contributed by atoms with Gasteiger partial charge in [0.25, 0.3) is 0 Å². The first-order chi connectivity index (χ1) is 9.93. The third-order valence-electron chi connectivity index (χ3n) is 4.59. The summed E-state index contributed by atoms with van der Waals surface area (Å²) in [4.78, 5) is 8.26. The lowest BCUT2D eigenvalue weighted by Crippen LogP contribution is -1.90. The molecule has 5 rings (SSSR count). The molecule has 1 aliphatic rings. The Morgan fingerprint density at radius 3 is 2.75 bits per heavy atom. The Kier molecular flexibility index (Phi) is 1.88. The first kappa shape index (κ1) is 10.4. The van der Waals surface area contributed by atoms with E-state index in [1.54, 1.807) is 0 Å². The molecule has 2 aromatic carbocycles. The van der Waals surface area contributed by atoms with Gasteiger partial charge in [0.2, 0.25) is 0 Å². The minimum atomic E-state index is 1.16. The molecule has 0 fully saturated rings. The van der Waals surface area contributed by atoms with Gasteiger partial charge in [0.15, 0.2) is 0 Å². The Morgan fingerprint density at radius 2 is 1.75 bits per heavy atom. The molecule has 0 amide bonds. The number of aryl methyl sites for hydroxylation is 2. The molecule has 0 unspecified atom stereocenters. The van der Waals surface area contributed by atoms with Crippen molar-refractivity contribution in [3.63, 3.8) is 0 Å². The first-order valence-electron chi connectivity index (χ1n) is 7.22. The fourth-order valence-electron chi connectivity index (χ4n) is 3.79. The van der Waals surface area contributed by atoms with Crippen LogP contribution in [0.2, 0.25) is 0 Å². The van der Waals surface area contributed by atoms with Crippen molar-refractivity contribution in [2.75, 3.05) is 0 Å². The van der Waals surface area contributed by atoms with Crippen LogP contribution in [0, 0.1) is 0 Å². The summed E-state index contributed by atoms with van der Waals surface area (Å²) < 4.78 is 0. The summed E-state index contributed by atoms with van der Waals surface area (Å²) in [6.45, 7) is 0. The number of hydrogen-bond acceptors (Lipinski definition) is 1. The second kappa shape index (κ2) is 3.60. The van der Waals surface area contributed by atoms with Crippen molar-refractivity contribution < 1.29 is 0 Å². The minimum absolute atomic E-state index is 1.16. The van der Waals surface area contributed by atoms with Gasteiger partial charge in [-0.15, -0.1) is 0 Å². The summed E-state index contributed by atoms with van der Waals surface area (Å²) in [7, 11) is 0. The van der Waals surface area contributed by atoms with Gasteiger partial charge in [-0.2, -0.15) is 0 Å². The minimum Gasteiger partial charge on any atom is -0.354 e. The van der Waals surface area contributed by atoms with Crippen LogP contribution in [-0.4, -0.2) is 9.97 Å². The van der Waals surface area contributed by atoms with E-state index in [9.17, 15) is 0 Å². The highest BCUT2D eigenvalue weighted by Crippen LogP contribution is 2.40. The zero-order chi connectivity index (χ0) is 13.1. The number of H-pyrrole nitrogens is 1. The Morgan fingerprint density at radius 1 is 0.900 bits per heavy atom. The summed E-state index contributed by atoms with van der Waals surface area (Å²) in [5, 5.41) is 4.04. The normalized spacial score (nSPS) is 14.4. The van der Waals surface area contributed by atoms with E-state index in [0.29, 0.717) is 0 Å². The number of pyridine rings is 1. The number of aromatic nitrogens is 2. The molecule has 0 saturated carbocycles. The molecule has 0 radical (unpaired) electrons. The maximum Gasteiger partial charge on any atom is 0.0757 e. The predicted octanol–water partition coefficient (Wildman–Crippen LogP) is 4.36. The number of aromatic amines is 1. The van der Waals surface area contributed by atoms with Gasteiger partial charge in [-0.1, -0.05) is 18.2 Å². The Labute approximate surface area is 116 Å². The molecule has 0 saturated heterocycles. The number of fused-ring (bicyclic) bond motifs is 8. The van der Waals surface area contributed by atoms with Crippen LogP contribution in [0.15, 0.2) is 42.6 Å². The van der Waals surface area contributed by atoms with Crippen LogP contribution in [0.4, 0.5) is 0 Å². The van der Waals surface area contributed by atoms with Crippen LogP contribution < -0.4 is 0 Å². The Hall–Kier alpha value is -2.35. The summed E-state index contributed by atoms with van der Waals surface area (Å²) >= 11 is 0. The van der Waals surface area contributed by atoms with Gasteiger partial charge in [0.1, 0.15) is 0 Å². The second-order valence-electron chi connectivity index (χ2n) is 5.63. The number of benzene rings is 2. The second-order valence-corrected chi connectivity index (χ2v) is 5.63. The molecule has 0 atom stereocenters. The summed E-state index contributed by atoms with van der Waals surface area (Å²) in [6, 6.07) is 12.9. The first-order valence-corrected chi connectivity index (χ1v) is 7.22. The van der Waals surface area contributed by atoms with Crippen LogP contribution in [0.5, 0.6) is 0 Å². The van der Waals surface area contributed by atoms with E-state index in [-0.39, 0.29) is 0 Å². The molecule has 20 heavy (non-hydrogen) atoms. The standard InChI is InChI=1S/C18H14N2/c1-2-9-15-13(5-1)16-11-6-3-7-12(11)17-14(18(16)20-15)8-4-10-19-17/h1-2,4-5,8-10,20H,3,6-7H2. The lowest BCUT2D eigenvalue weighted by atomic mass is 9.98. The molecule has 1 N–H and O–H groups in total. The Balaban J connectivity index is 2.16. The van der Waals surface area contributed by atoms with E-state index in [4.69, 9.17) is 0 Å². The molecule has 1 aliphatic carbocycles. The highest BCUT2D eigenvalue weighted by atomic mass is 14.7. The molecule has 2 nitrogen and oxygen atoms in total. The Bertz CT molecular complexity index is 979. The van der Waals surface area contributed by atoms with Crippen LogP contribution in [0.25, 0.3) is 32.7 Å². The summed E-state index contributed by atoms with van der Waals surface area (Å²) in [5.41, 5.74) is 6.67. The van der Waals surface area contributed by atoms with Gasteiger partial charge in [0, 0.05) is 27.9 Å². The molecule has 2 heterocycles. The summed E-state index contributed by atoms with van der Waals surface area (Å²) in [6.07, 6.45) is 5.51. The van der Waals surface area contributed by atoms with Gasteiger partial charge in [-0.05, 0) is 48.6 Å². The average molecular weight is 258 g/mol. The molecule has 2 aromatic heterocycles. The van der Waals surface area contributed by atoms with E-state index in [1.165, 1.54) is 56.7 Å². The van der Waals surface area contributed by atoms with Crippen molar-refractivity contribution in [3.05, 3.63) is 53.7 Å². The maximum atomic E-state index is 4.65. The predicted molar refractivity (Wildman–Crippen MR) is 83.1 cm³/mol. The van der Waals surface area contributed by atoms with E-state index in [2.05, 4.69) is 40.3 Å². The zero-order valence-electron chi connectivity index (χ0n) is 11.1. The number of nitrogens with one attached hydrogen (secondary N) is 1. The third-order valence-corrected chi connectivity index (χ3v) is 4.59. The van der Waals surface area contributed by atoms with E-state index in [0.717, 1.165) is 6.42 Å². The average Bonchev–Trinajstić information content (AvgIpc) is 3.11. The van der Waals surface area contributed by atoms with E-state index >= 15 is 0 Å². The van der Waals surface area contributed by atoms with Crippen LogP contribution in [-0.2, 0) is 12.8 Å². The van der Waals surface area contributed by atoms with Gasteiger partial charge in [-0.3, -0.25) is 4.98 Å². The molecule has 0 spiro atoms.